The summed E-state index contributed by atoms with van der Waals surface area (Å²) in [5.41, 5.74) is 1.90. The largest absolute Gasteiger partial charge is 0.484 e. The maximum atomic E-state index is 10.7. The van der Waals surface area contributed by atoms with Crippen LogP contribution in [0.1, 0.15) is 31.2 Å². The minimum atomic E-state index is -0.455. The fraction of sp³-hybridized carbons (Fsp3) is 0.222. The molecule has 0 aliphatic rings. The summed E-state index contributed by atoms with van der Waals surface area (Å²) in [5.74, 6) is 1.89. The Morgan fingerprint density at radius 3 is 2.40 bits per heavy atom. The lowest BCUT2D eigenvalue weighted by Crippen LogP contribution is -1.96. The third-order valence-electron chi connectivity index (χ3n) is 3.71. The maximum absolute atomic E-state index is 10.7. The molecular formula is C18H17N3O4. The number of non-ortho nitro benzene ring substituents is 1. The van der Waals surface area contributed by atoms with Crippen molar-refractivity contribution in [1.29, 1.82) is 0 Å². The molecule has 0 radical (unpaired) electrons. The van der Waals surface area contributed by atoms with Crippen molar-refractivity contribution in [3.63, 3.8) is 0 Å². The molecule has 0 fully saturated rings. The Hall–Kier alpha value is -3.22. The van der Waals surface area contributed by atoms with E-state index in [1.54, 1.807) is 12.1 Å². The lowest BCUT2D eigenvalue weighted by molar-refractivity contribution is -0.384. The van der Waals surface area contributed by atoms with Crippen LogP contribution in [0, 0.1) is 10.1 Å². The van der Waals surface area contributed by atoms with Crippen LogP contribution in [0.15, 0.2) is 53.1 Å². The standard InChI is InChI=1S/C18H17N3O4/c1-12(2)13-5-9-16(10-6-13)24-11-17-19-18(20-25-17)14-3-7-15(8-4-14)21(22)23/h3-10,12H,11H2,1-2H3. The van der Waals surface area contributed by atoms with Gasteiger partial charge >= 0.3 is 0 Å². The van der Waals surface area contributed by atoms with E-state index in [0.717, 1.165) is 5.75 Å². The lowest BCUT2D eigenvalue weighted by Gasteiger charge is -2.07. The van der Waals surface area contributed by atoms with Gasteiger partial charge < -0.3 is 9.26 Å². The van der Waals surface area contributed by atoms with Gasteiger partial charge in [0.25, 0.3) is 11.6 Å². The Morgan fingerprint density at radius 1 is 1.12 bits per heavy atom. The summed E-state index contributed by atoms with van der Waals surface area (Å²) in [4.78, 5) is 14.5. The van der Waals surface area contributed by atoms with Crippen LogP contribution in [-0.2, 0) is 6.61 Å². The molecule has 0 N–H and O–H groups in total. The van der Waals surface area contributed by atoms with Crippen molar-refractivity contribution in [2.45, 2.75) is 26.4 Å². The number of hydrogen-bond donors (Lipinski definition) is 0. The Labute approximate surface area is 144 Å². The minimum absolute atomic E-state index is 0.0145. The Morgan fingerprint density at radius 2 is 1.80 bits per heavy atom. The van der Waals surface area contributed by atoms with Gasteiger partial charge in [-0.05, 0) is 35.7 Å². The van der Waals surface area contributed by atoms with Crippen LogP contribution in [0.25, 0.3) is 11.4 Å². The molecule has 7 nitrogen and oxygen atoms in total. The molecular weight excluding hydrogens is 322 g/mol. The smallest absolute Gasteiger partial charge is 0.269 e. The van der Waals surface area contributed by atoms with E-state index >= 15 is 0 Å². The van der Waals surface area contributed by atoms with Gasteiger partial charge in [-0.1, -0.05) is 31.1 Å². The van der Waals surface area contributed by atoms with Gasteiger partial charge in [0, 0.05) is 17.7 Å². The van der Waals surface area contributed by atoms with Crippen molar-refractivity contribution in [3.8, 4) is 17.1 Å². The number of rotatable bonds is 6. The number of nitro benzene ring substituents is 1. The van der Waals surface area contributed by atoms with Crippen LogP contribution in [0.3, 0.4) is 0 Å². The molecule has 128 valence electrons. The summed E-state index contributed by atoms with van der Waals surface area (Å²) in [6.45, 7) is 4.42. The molecule has 7 heteroatoms. The molecule has 0 saturated carbocycles. The van der Waals surface area contributed by atoms with Crippen molar-refractivity contribution < 1.29 is 14.2 Å². The van der Waals surface area contributed by atoms with Crippen LogP contribution >= 0.6 is 0 Å². The normalized spacial score (nSPS) is 10.8. The number of nitro groups is 1. The van der Waals surface area contributed by atoms with Gasteiger partial charge in [0.1, 0.15) is 5.75 Å². The zero-order chi connectivity index (χ0) is 17.8. The van der Waals surface area contributed by atoms with E-state index in [4.69, 9.17) is 9.26 Å². The second-order valence-corrected chi connectivity index (χ2v) is 5.83. The van der Waals surface area contributed by atoms with Crippen LogP contribution in [0.4, 0.5) is 5.69 Å². The molecule has 0 bridgehead atoms. The summed E-state index contributed by atoms with van der Waals surface area (Å²) in [6, 6.07) is 13.8. The molecule has 3 aromatic rings. The molecule has 0 amide bonds. The van der Waals surface area contributed by atoms with E-state index in [0.29, 0.717) is 23.2 Å². The number of benzene rings is 2. The third-order valence-corrected chi connectivity index (χ3v) is 3.71. The summed E-state index contributed by atoms with van der Waals surface area (Å²) < 4.78 is 10.8. The van der Waals surface area contributed by atoms with E-state index in [1.807, 2.05) is 24.3 Å². The first-order valence-corrected chi connectivity index (χ1v) is 7.83. The van der Waals surface area contributed by atoms with Crippen molar-refractivity contribution in [2.75, 3.05) is 0 Å². The SMILES string of the molecule is CC(C)c1ccc(OCc2nc(-c3ccc([N+](=O)[O-])cc3)no2)cc1. The first kappa shape index (κ1) is 16.6. The van der Waals surface area contributed by atoms with Gasteiger partial charge in [0.05, 0.1) is 4.92 Å². The highest BCUT2D eigenvalue weighted by molar-refractivity contribution is 5.56. The van der Waals surface area contributed by atoms with Gasteiger partial charge in [0.2, 0.25) is 5.82 Å². The van der Waals surface area contributed by atoms with Crippen molar-refractivity contribution >= 4 is 5.69 Å². The molecule has 0 unspecified atom stereocenters. The van der Waals surface area contributed by atoms with Gasteiger partial charge in [-0.3, -0.25) is 10.1 Å². The lowest BCUT2D eigenvalue weighted by atomic mass is 10.0. The van der Waals surface area contributed by atoms with Gasteiger partial charge in [0.15, 0.2) is 6.61 Å². The molecule has 3 rings (SSSR count). The molecule has 0 atom stereocenters. The van der Waals surface area contributed by atoms with Crippen LogP contribution in [0.2, 0.25) is 0 Å². The zero-order valence-corrected chi connectivity index (χ0v) is 13.9. The van der Waals surface area contributed by atoms with Crippen molar-refractivity contribution in [1.82, 2.24) is 10.1 Å². The van der Waals surface area contributed by atoms with E-state index < -0.39 is 4.92 Å². The van der Waals surface area contributed by atoms with E-state index in [-0.39, 0.29) is 12.3 Å². The Kier molecular flexibility index (Phi) is 4.74. The van der Waals surface area contributed by atoms with Gasteiger partial charge in [-0.2, -0.15) is 4.98 Å². The number of aromatic nitrogens is 2. The number of nitrogens with zero attached hydrogens (tertiary/aromatic N) is 3. The molecule has 0 aliphatic carbocycles. The maximum Gasteiger partial charge on any atom is 0.269 e. The predicted molar refractivity (Wildman–Crippen MR) is 91.3 cm³/mol. The first-order chi connectivity index (χ1) is 12.0. The highest BCUT2D eigenvalue weighted by Gasteiger charge is 2.11. The Bertz CT molecular complexity index is 855. The van der Waals surface area contributed by atoms with Crippen LogP contribution in [0.5, 0.6) is 5.75 Å². The van der Waals surface area contributed by atoms with Crippen molar-refractivity contribution in [2.24, 2.45) is 0 Å². The second kappa shape index (κ2) is 7.12. The fourth-order valence-electron chi connectivity index (χ4n) is 2.26. The Balaban J connectivity index is 1.64. The van der Waals surface area contributed by atoms with Crippen LogP contribution < -0.4 is 4.74 Å². The van der Waals surface area contributed by atoms with Gasteiger partial charge in [-0.25, -0.2) is 0 Å². The summed E-state index contributed by atoms with van der Waals surface area (Å²) in [5, 5.41) is 14.5. The average Bonchev–Trinajstić information content (AvgIpc) is 3.09. The average molecular weight is 339 g/mol. The molecule has 0 saturated heterocycles. The summed E-state index contributed by atoms with van der Waals surface area (Å²) in [6.07, 6.45) is 0. The summed E-state index contributed by atoms with van der Waals surface area (Å²) >= 11 is 0. The second-order valence-electron chi connectivity index (χ2n) is 5.83. The first-order valence-electron chi connectivity index (χ1n) is 7.83. The quantitative estimate of drug-likeness (QED) is 0.490. The monoisotopic (exact) mass is 339 g/mol. The van der Waals surface area contributed by atoms with Crippen LogP contribution in [-0.4, -0.2) is 15.1 Å². The highest BCUT2D eigenvalue weighted by Crippen LogP contribution is 2.21. The minimum Gasteiger partial charge on any atom is -0.484 e. The highest BCUT2D eigenvalue weighted by atomic mass is 16.6. The molecule has 0 spiro atoms. The van der Waals surface area contributed by atoms with E-state index in [9.17, 15) is 10.1 Å². The molecule has 1 heterocycles. The molecule has 25 heavy (non-hydrogen) atoms. The van der Waals surface area contributed by atoms with Gasteiger partial charge in [-0.15, -0.1) is 0 Å². The molecule has 1 aromatic heterocycles. The topological polar surface area (TPSA) is 91.3 Å². The predicted octanol–water partition coefficient (Wildman–Crippen LogP) is 4.35. The number of hydrogen-bond acceptors (Lipinski definition) is 6. The third kappa shape index (κ3) is 4.00. The van der Waals surface area contributed by atoms with E-state index in [2.05, 4.69) is 24.0 Å². The fourth-order valence-corrected chi connectivity index (χ4v) is 2.26. The number of ether oxygens (including phenoxy) is 1. The van der Waals surface area contributed by atoms with E-state index in [1.165, 1.54) is 17.7 Å². The summed E-state index contributed by atoms with van der Waals surface area (Å²) in [7, 11) is 0. The molecule has 2 aromatic carbocycles. The van der Waals surface area contributed by atoms with Crippen molar-refractivity contribution in [3.05, 3.63) is 70.1 Å². The zero-order valence-electron chi connectivity index (χ0n) is 13.9. The molecule has 0 aliphatic heterocycles.